The molecule has 1 saturated carbocycles. The van der Waals surface area contributed by atoms with Crippen LogP contribution in [0.1, 0.15) is 17.8 Å². The van der Waals surface area contributed by atoms with Gasteiger partial charge in [-0.1, -0.05) is 32.4 Å². The zero-order chi connectivity index (χ0) is 14.1. The molecule has 1 aliphatic carbocycles. The van der Waals surface area contributed by atoms with Crippen LogP contribution in [0.25, 0.3) is 0 Å². The Hall–Kier alpha value is -1.12. The van der Waals surface area contributed by atoms with Crippen molar-refractivity contribution in [2.75, 3.05) is 0 Å². The first-order valence-electron chi connectivity index (χ1n) is 6.00. The van der Waals surface area contributed by atoms with Crippen LogP contribution in [0.15, 0.2) is 16.6 Å². The highest BCUT2D eigenvalue weighted by Gasteiger charge is 2.21. The van der Waals surface area contributed by atoms with Gasteiger partial charge in [0.15, 0.2) is 11.6 Å². The molecule has 0 unspecified atom stereocenters. The molecule has 4 nitrogen and oxygen atoms in total. The lowest BCUT2D eigenvalue weighted by Gasteiger charge is -2.04. The zero-order valence-electron chi connectivity index (χ0n) is 10.2. The van der Waals surface area contributed by atoms with Gasteiger partial charge in [-0.05, 0) is 25.0 Å². The molecule has 2 aromatic rings. The van der Waals surface area contributed by atoms with E-state index in [0.29, 0.717) is 17.1 Å². The van der Waals surface area contributed by atoms with E-state index in [4.69, 9.17) is 4.74 Å². The van der Waals surface area contributed by atoms with Crippen LogP contribution in [0, 0.1) is 11.6 Å². The maximum Gasteiger partial charge on any atom is 0.299 e. The molecule has 1 aromatic carbocycles. The summed E-state index contributed by atoms with van der Waals surface area (Å²) in [5.41, 5.74) is 0. The lowest BCUT2D eigenvalue weighted by Crippen LogP contribution is -2.14. The molecule has 1 fully saturated rings. The summed E-state index contributed by atoms with van der Waals surface area (Å²) < 4.78 is 32.4. The van der Waals surface area contributed by atoms with Crippen LogP contribution in [0.4, 0.5) is 8.78 Å². The minimum absolute atomic E-state index is 0.189. The van der Waals surface area contributed by atoms with Crippen LogP contribution >= 0.6 is 27.3 Å². The van der Waals surface area contributed by atoms with E-state index in [-0.39, 0.29) is 10.9 Å². The van der Waals surface area contributed by atoms with Gasteiger partial charge in [0, 0.05) is 10.5 Å². The number of aromatic nitrogens is 2. The molecule has 1 aliphatic rings. The van der Waals surface area contributed by atoms with Crippen LogP contribution in [0.5, 0.6) is 10.9 Å². The third-order valence-corrected chi connectivity index (χ3v) is 3.98. The van der Waals surface area contributed by atoms with E-state index in [1.54, 1.807) is 0 Å². The smallest absolute Gasteiger partial charge is 0.299 e. The lowest BCUT2D eigenvalue weighted by molar-refractivity contribution is 0.411. The first-order valence-corrected chi connectivity index (χ1v) is 7.61. The highest BCUT2D eigenvalue weighted by molar-refractivity contribution is 9.10. The Morgan fingerprint density at radius 2 is 2.15 bits per heavy atom. The Balaban J connectivity index is 1.70. The number of rotatable bonds is 5. The Morgan fingerprint density at radius 3 is 2.90 bits per heavy atom. The van der Waals surface area contributed by atoms with Gasteiger partial charge in [0.25, 0.3) is 5.19 Å². The van der Waals surface area contributed by atoms with Crippen LogP contribution in [-0.2, 0) is 6.54 Å². The fourth-order valence-electron chi connectivity index (χ4n) is 1.57. The second kappa shape index (κ2) is 5.71. The van der Waals surface area contributed by atoms with Crippen molar-refractivity contribution in [1.82, 2.24) is 15.5 Å². The summed E-state index contributed by atoms with van der Waals surface area (Å²) in [6.45, 7) is 0.612. The van der Waals surface area contributed by atoms with Crippen LogP contribution in [-0.4, -0.2) is 16.2 Å². The summed E-state index contributed by atoms with van der Waals surface area (Å²) in [4.78, 5) is 0. The number of hydrogen-bond donors (Lipinski definition) is 1. The third-order valence-electron chi connectivity index (χ3n) is 2.72. The fourth-order valence-corrected chi connectivity index (χ4v) is 2.63. The van der Waals surface area contributed by atoms with Gasteiger partial charge in [-0.25, -0.2) is 4.39 Å². The van der Waals surface area contributed by atoms with Crippen molar-refractivity contribution in [1.29, 1.82) is 0 Å². The Labute approximate surface area is 126 Å². The minimum Gasteiger partial charge on any atom is -0.426 e. The Morgan fingerprint density at radius 1 is 1.35 bits per heavy atom. The topological polar surface area (TPSA) is 47.0 Å². The summed E-state index contributed by atoms with van der Waals surface area (Å²) >= 11 is 4.29. The van der Waals surface area contributed by atoms with Crippen molar-refractivity contribution >= 4 is 27.3 Å². The molecule has 1 aromatic heterocycles. The van der Waals surface area contributed by atoms with Gasteiger partial charge >= 0.3 is 0 Å². The second-order valence-corrected chi connectivity index (χ2v) is 6.36. The van der Waals surface area contributed by atoms with E-state index < -0.39 is 11.6 Å². The van der Waals surface area contributed by atoms with E-state index >= 15 is 0 Å². The van der Waals surface area contributed by atoms with Crippen molar-refractivity contribution in [2.24, 2.45) is 0 Å². The van der Waals surface area contributed by atoms with Crippen molar-refractivity contribution < 1.29 is 13.5 Å². The van der Waals surface area contributed by atoms with Gasteiger partial charge in [0.2, 0.25) is 5.82 Å². The van der Waals surface area contributed by atoms with Crippen LogP contribution in [0.2, 0.25) is 0 Å². The molecule has 1 heterocycles. The number of halogens is 3. The number of benzene rings is 1. The molecule has 3 rings (SSSR count). The predicted octanol–water partition coefficient (Wildman–Crippen LogP) is 3.62. The van der Waals surface area contributed by atoms with Crippen LogP contribution in [0.3, 0.4) is 0 Å². The number of nitrogens with one attached hydrogen (secondary N) is 1. The molecule has 8 heteroatoms. The summed E-state index contributed by atoms with van der Waals surface area (Å²) in [7, 11) is 0. The van der Waals surface area contributed by atoms with E-state index in [1.165, 1.54) is 30.2 Å². The van der Waals surface area contributed by atoms with Crippen molar-refractivity contribution in [3.63, 3.8) is 0 Å². The first-order chi connectivity index (χ1) is 9.61. The maximum atomic E-state index is 13.6. The highest BCUT2D eigenvalue weighted by Crippen LogP contribution is 2.31. The zero-order valence-corrected chi connectivity index (χ0v) is 12.6. The molecular formula is C12H10BrF2N3OS. The Bertz CT molecular complexity index is 633. The molecule has 0 amide bonds. The normalized spacial score (nSPS) is 14.6. The van der Waals surface area contributed by atoms with Crippen LogP contribution < -0.4 is 10.1 Å². The molecule has 0 bridgehead atoms. The molecule has 0 aliphatic heterocycles. The standard InChI is InChI=1S/C12H10BrF2N3OS/c13-6-3-8(14)11(15)9(4-6)19-12-18-17-10(20-12)5-16-7-1-2-7/h3-4,7,16H,1-2,5H2. The van der Waals surface area contributed by atoms with Gasteiger partial charge in [0.05, 0.1) is 6.54 Å². The molecule has 0 spiro atoms. The molecule has 1 N–H and O–H groups in total. The van der Waals surface area contributed by atoms with E-state index in [9.17, 15) is 8.78 Å². The molecule has 106 valence electrons. The first kappa shape index (κ1) is 13.8. The summed E-state index contributed by atoms with van der Waals surface area (Å²) in [5.74, 6) is -2.23. The number of nitrogens with zero attached hydrogens (tertiary/aromatic N) is 2. The molecular weight excluding hydrogens is 352 g/mol. The summed E-state index contributed by atoms with van der Waals surface area (Å²) in [6.07, 6.45) is 2.37. The second-order valence-electron chi connectivity index (χ2n) is 4.42. The average molecular weight is 362 g/mol. The van der Waals surface area contributed by atoms with Gasteiger partial charge < -0.3 is 10.1 Å². The average Bonchev–Trinajstić information content (AvgIpc) is 3.13. The number of ether oxygens (including phenoxy) is 1. The van der Waals surface area contributed by atoms with Crippen molar-refractivity contribution in [3.05, 3.63) is 33.2 Å². The van der Waals surface area contributed by atoms with Gasteiger partial charge in [0.1, 0.15) is 5.01 Å². The molecule has 20 heavy (non-hydrogen) atoms. The molecule has 0 saturated heterocycles. The quantitative estimate of drug-likeness (QED) is 0.826. The van der Waals surface area contributed by atoms with E-state index in [1.807, 2.05) is 0 Å². The van der Waals surface area contributed by atoms with Gasteiger partial charge in [-0.2, -0.15) is 4.39 Å². The lowest BCUT2D eigenvalue weighted by atomic mass is 10.3. The predicted molar refractivity (Wildman–Crippen MR) is 73.9 cm³/mol. The highest BCUT2D eigenvalue weighted by atomic mass is 79.9. The molecule has 0 atom stereocenters. The monoisotopic (exact) mass is 361 g/mol. The largest absolute Gasteiger partial charge is 0.426 e. The summed E-state index contributed by atoms with van der Waals surface area (Å²) in [5, 5.41) is 12.0. The minimum atomic E-state index is -1.04. The van der Waals surface area contributed by atoms with E-state index in [2.05, 4.69) is 31.4 Å². The maximum absolute atomic E-state index is 13.6. The SMILES string of the molecule is Fc1cc(Br)cc(Oc2nnc(CNC3CC3)s2)c1F. The Kier molecular flexibility index (Phi) is 3.95. The summed E-state index contributed by atoms with van der Waals surface area (Å²) in [6, 6.07) is 2.95. The third kappa shape index (κ3) is 3.31. The van der Waals surface area contributed by atoms with Gasteiger partial charge in [-0.3, -0.25) is 0 Å². The van der Waals surface area contributed by atoms with E-state index in [0.717, 1.165) is 11.1 Å². The van der Waals surface area contributed by atoms with Gasteiger partial charge in [-0.15, -0.1) is 5.10 Å². The molecule has 0 radical (unpaired) electrons. The van der Waals surface area contributed by atoms with Crippen molar-refractivity contribution in [3.8, 4) is 10.9 Å². The fraction of sp³-hybridized carbons (Fsp3) is 0.333. The van der Waals surface area contributed by atoms with Crippen molar-refractivity contribution in [2.45, 2.75) is 25.4 Å². The number of hydrogen-bond acceptors (Lipinski definition) is 5.